The lowest BCUT2D eigenvalue weighted by atomic mass is 9.82. The summed E-state index contributed by atoms with van der Waals surface area (Å²) < 4.78 is 0. The first-order valence-electron chi connectivity index (χ1n) is 7.83. The highest BCUT2D eigenvalue weighted by molar-refractivity contribution is 5.78. The fourth-order valence-corrected chi connectivity index (χ4v) is 3.19. The Kier molecular flexibility index (Phi) is 6.50. The minimum atomic E-state index is -0.845. The third-order valence-electron chi connectivity index (χ3n) is 4.18. The Morgan fingerprint density at radius 2 is 1.75 bits per heavy atom. The van der Waals surface area contributed by atoms with E-state index < -0.39 is 11.4 Å². The van der Waals surface area contributed by atoms with Crippen molar-refractivity contribution < 1.29 is 14.7 Å². The van der Waals surface area contributed by atoms with Gasteiger partial charge in [-0.15, -0.1) is 0 Å². The maximum Gasteiger partial charge on any atom is 0.303 e. The first-order valence-corrected chi connectivity index (χ1v) is 7.83. The minimum absolute atomic E-state index is 0.00445. The normalized spacial score (nSPS) is 23.4. The van der Waals surface area contributed by atoms with Crippen molar-refractivity contribution in [3.8, 4) is 0 Å². The Morgan fingerprint density at radius 1 is 1.15 bits per heavy atom. The van der Waals surface area contributed by atoms with Gasteiger partial charge >= 0.3 is 5.97 Å². The van der Waals surface area contributed by atoms with E-state index in [-0.39, 0.29) is 24.8 Å². The maximum absolute atomic E-state index is 12.0. The molecule has 0 saturated heterocycles. The number of carboxylic acids is 1. The Bertz CT molecular complexity index is 331. The van der Waals surface area contributed by atoms with Crippen LogP contribution in [0.5, 0.6) is 0 Å². The Labute approximate surface area is 122 Å². The van der Waals surface area contributed by atoms with Gasteiger partial charge in [0, 0.05) is 12.5 Å². The monoisotopic (exact) mass is 283 g/mol. The van der Waals surface area contributed by atoms with Gasteiger partial charge in [-0.3, -0.25) is 9.59 Å². The van der Waals surface area contributed by atoms with E-state index in [9.17, 15) is 9.59 Å². The number of carbonyl (C=O) groups is 2. The molecule has 20 heavy (non-hydrogen) atoms. The topological polar surface area (TPSA) is 66.4 Å². The number of aliphatic carboxylic acids is 1. The lowest BCUT2D eigenvalue weighted by Gasteiger charge is -2.30. The van der Waals surface area contributed by atoms with Gasteiger partial charge in [0.05, 0.1) is 6.42 Å². The highest BCUT2D eigenvalue weighted by atomic mass is 16.4. The molecule has 0 spiro atoms. The molecule has 0 aromatic heterocycles. The van der Waals surface area contributed by atoms with Crippen LogP contribution in [0.25, 0.3) is 0 Å². The maximum atomic E-state index is 12.0. The van der Waals surface area contributed by atoms with E-state index in [2.05, 4.69) is 12.2 Å². The molecule has 0 aliphatic heterocycles. The van der Waals surface area contributed by atoms with Gasteiger partial charge in [-0.1, -0.05) is 33.6 Å². The summed E-state index contributed by atoms with van der Waals surface area (Å²) in [4.78, 5) is 22.8. The van der Waals surface area contributed by atoms with E-state index >= 15 is 0 Å². The van der Waals surface area contributed by atoms with Gasteiger partial charge in [-0.05, 0) is 37.0 Å². The predicted octanol–water partition coefficient (Wildman–Crippen LogP) is 3.35. The summed E-state index contributed by atoms with van der Waals surface area (Å²) in [6.07, 6.45) is 7.40. The molecular weight excluding hydrogens is 254 g/mol. The first-order chi connectivity index (χ1) is 9.32. The largest absolute Gasteiger partial charge is 0.481 e. The Balaban J connectivity index is 2.31. The molecule has 0 radical (unpaired) electrons. The molecule has 116 valence electrons. The highest BCUT2D eigenvalue weighted by Crippen LogP contribution is 2.29. The van der Waals surface area contributed by atoms with Gasteiger partial charge < -0.3 is 10.4 Å². The summed E-state index contributed by atoms with van der Waals surface area (Å²) >= 11 is 0. The number of carbonyl (C=O) groups excluding carboxylic acids is 1. The fraction of sp³-hybridized carbons (Fsp3) is 0.875. The number of rotatable bonds is 7. The van der Waals surface area contributed by atoms with E-state index in [1.807, 2.05) is 13.8 Å². The second-order valence-electron chi connectivity index (χ2n) is 6.99. The van der Waals surface area contributed by atoms with Crippen LogP contribution in [0.3, 0.4) is 0 Å². The molecule has 1 aliphatic carbocycles. The number of amides is 1. The molecule has 0 atom stereocenters. The Hall–Kier alpha value is -1.06. The van der Waals surface area contributed by atoms with Crippen molar-refractivity contribution in [2.75, 3.05) is 0 Å². The Morgan fingerprint density at radius 3 is 2.25 bits per heavy atom. The van der Waals surface area contributed by atoms with Crippen LogP contribution < -0.4 is 5.32 Å². The summed E-state index contributed by atoms with van der Waals surface area (Å²) in [5.74, 6) is -0.0188. The number of nitrogens with one attached hydrogen (secondary N) is 1. The van der Waals surface area contributed by atoms with Crippen LogP contribution in [-0.4, -0.2) is 23.0 Å². The van der Waals surface area contributed by atoms with Crippen molar-refractivity contribution in [3.05, 3.63) is 0 Å². The minimum Gasteiger partial charge on any atom is -0.481 e. The van der Waals surface area contributed by atoms with Gasteiger partial charge in [-0.2, -0.15) is 0 Å². The standard InChI is InChI=1S/C16H29NO3/c1-4-5-12-6-8-13(9-7-12)17-14(18)10-16(2,3)11-15(19)20/h12-13H,4-11H2,1-3H3,(H,17,18)(H,19,20). The zero-order valence-electron chi connectivity index (χ0n) is 13.1. The second-order valence-corrected chi connectivity index (χ2v) is 6.99. The lowest BCUT2D eigenvalue weighted by molar-refractivity contribution is -0.139. The van der Waals surface area contributed by atoms with Gasteiger partial charge in [0.1, 0.15) is 0 Å². The molecule has 0 heterocycles. The van der Waals surface area contributed by atoms with Gasteiger partial charge in [0.25, 0.3) is 0 Å². The van der Waals surface area contributed by atoms with E-state index in [4.69, 9.17) is 5.11 Å². The van der Waals surface area contributed by atoms with Crippen molar-refractivity contribution >= 4 is 11.9 Å². The predicted molar refractivity (Wildman–Crippen MR) is 79.4 cm³/mol. The third kappa shape index (κ3) is 6.40. The highest BCUT2D eigenvalue weighted by Gasteiger charge is 2.27. The van der Waals surface area contributed by atoms with Crippen LogP contribution in [0.2, 0.25) is 0 Å². The first kappa shape index (κ1) is 17.0. The molecule has 0 aromatic carbocycles. The van der Waals surface area contributed by atoms with Gasteiger partial charge in [-0.25, -0.2) is 0 Å². The summed E-state index contributed by atoms with van der Waals surface area (Å²) in [6, 6.07) is 0.288. The fourth-order valence-electron chi connectivity index (χ4n) is 3.19. The second kappa shape index (κ2) is 7.65. The summed E-state index contributed by atoms with van der Waals surface area (Å²) in [5, 5.41) is 11.9. The van der Waals surface area contributed by atoms with Crippen molar-refractivity contribution in [1.82, 2.24) is 5.32 Å². The summed E-state index contributed by atoms with van der Waals surface area (Å²) in [7, 11) is 0. The third-order valence-corrected chi connectivity index (χ3v) is 4.18. The van der Waals surface area contributed by atoms with Crippen LogP contribution >= 0.6 is 0 Å². The molecule has 0 unspecified atom stereocenters. The molecule has 2 N–H and O–H groups in total. The average Bonchev–Trinajstić information content (AvgIpc) is 2.29. The molecule has 1 fully saturated rings. The number of hydrogen-bond donors (Lipinski definition) is 2. The quantitative estimate of drug-likeness (QED) is 0.753. The van der Waals surface area contributed by atoms with Crippen LogP contribution in [0.4, 0.5) is 0 Å². The van der Waals surface area contributed by atoms with E-state index in [0.29, 0.717) is 0 Å². The molecule has 1 saturated carbocycles. The van der Waals surface area contributed by atoms with Gasteiger partial charge in [0.15, 0.2) is 0 Å². The number of hydrogen-bond acceptors (Lipinski definition) is 2. The molecule has 1 amide bonds. The molecule has 0 aromatic rings. The summed E-state index contributed by atoms with van der Waals surface area (Å²) in [5.41, 5.74) is -0.477. The van der Waals surface area contributed by atoms with Crippen LogP contribution in [-0.2, 0) is 9.59 Å². The number of carboxylic acid groups (broad SMARTS) is 1. The molecule has 1 rings (SSSR count). The van der Waals surface area contributed by atoms with Gasteiger partial charge in [0.2, 0.25) is 5.91 Å². The van der Waals surface area contributed by atoms with Crippen LogP contribution in [0.1, 0.15) is 72.1 Å². The average molecular weight is 283 g/mol. The molecule has 4 nitrogen and oxygen atoms in total. The SMILES string of the molecule is CCCC1CCC(NC(=O)CC(C)(C)CC(=O)O)CC1. The van der Waals surface area contributed by atoms with Crippen molar-refractivity contribution in [2.45, 2.75) is 78.2 Å². The summed E-state index contributed by atoms with van der Waals surface area (Å²) in [6.45, 7) is 5.89. The molecule has 1 aliphatic rings. The van der Waals surface area contributed by atoms with Crippen molar-refractivity contribution in [1.29, 1.82) is 0 Å². The molecule has 4 heteroatoms. The van der Waals surface area contributed by atoms with Crippen LogP contribution in [0, 0.1) is 11.3 Å². The van der Waals surface area contributed by atoms with Crippen molar-refractivity contribution in [2.24, 2.45) is 11.3 Å². The zero-order chi connectivity index (χ0) is 15.2. The van der Waals surface area contributed by atoms with E-state index in [1.54, 1.807) is 0 Å². The smallest absolute Gasteiger partial charge is 0.303 e. The molecule has 0 bridgehead atoms. The zero-order valence-corrected chi connectivity index (χ0v) is 13.1. The molecular formula is C16H29NO3. The van der Waals surface area contributed by atoms with E-state index in [1.165, 1.54) is 25.7 Å². The van der Waals surface area contributed by atoms with E-state index in [0.717, 1.165) is 18.8 Å². The lowest BCUT2D eigenvalue weighted by Crippen LogP contribution is -2.39. The van der Waals surface area contributed by atoms with Crippen LogP contribution in [0.15, 0.2) is 0 Å². The van der Waals surface area contributed by atoms with Crippen molar-refractivity contribution in [3.63, 3.8) is 0 Å².